The number of hydrogen-bond acceptors (Lipinski definition) is 4. The minimum Gasteiger partial charge on any atom is -0.462 e. The van der Waals surface area contributed by atoms with Crippen LogP contribution in [0.2, 0.25) is 0 Å². The van der Waals surface area contributed by atoms with Crippen molar-refractivity contribution in [1.29, 1.82) is 0 Å². The van der Waals surface area contributed by atoms with Gasteiger partial charge in [0.1, 0.15) is 12.5 Å². The van der Waals surface area contributed by atoms with Crippen LogP contribution in [0.5, 0.6) is 0 Å². The van der Waals surface area contributed by atoms with E-state index < -0.39 is 27.5 Å². The maximum Gasteiger partial charge on any atom is 0.315 e. The Hall–Kier alpha value is -1.40. The van der Waals surface area contributed by atoms with Crippen LogP contribution in [-0.2, 0) is 19.1 Å². The number of anilines is 1. The van der Waals surface area contributed by atoms with E-state index in [2.05, 4.69) is 28.2 Å². The first-order valence-electron chi connectivity index (χ1n) is 11.9. The minimum absolute atomic E-state index is 0.0493. The van der Waals surface area contributed by atoms with Crippen molar-refractivity contribution in [3.8, 4) is 0 Å². The molecule has 0 aromatic heterocycles. The maximum absolute atomic E-state index is 12.5. The number of nitrogens with one attached hydrogen (secondary N) is 1. The minimum atomic E-state index is -0.547. The van der Waals surface area contributed by atoms with Crippen LogP contribution in [0.1, 0.15) is 85.5 Å². The third-order valence-corrected chi connectivity index (χ3v) is 7.19. The van der Waals surface area contributed by atoms with Crippen LogP contribution in [-0.4, -0.2) is 34.0 Å². The number of para-hydroxylation sites is 1. The van der Waals surface area contributed by atoms with Crippen molar-refractivity contribution in [2.75, 3.05) is 5.32 Å². The summed E-state index contributed by atoms with van der Waals surface area (Å²) in [5.41, 5.74) is 0.151. The quantitative estimate of drug-likeness (QED) is 0.111. The molecule has 0 saturated heterocycles. The van der Waals surface area contributed by atoms with Gasteiger partial charge in [0, 0.05) is 11.1 Å². The molecule has 0 radical (unpaired) electrons. The molecule has 1 N–H and O–H groups in total. The highest BCUT2D eigenvalue weighted by molar-refractivity contribution is 9.10. The predicted octanol–water partition coefficient (Wildman–Crippen LogP) is 7.05. The van der Waals surface area contributed by atoms with E-state index in [1.54, 1.807) is 12.1 Å². The zero-order valence-corrected chi connectivity index (χ0v) is 22.7. The molecule has 3 atom stereocenters. The average molecular weight is 545 g/mol. The fraction of sp³-hybridized carbons (Fsp3) is 0.654. The number of rotatable bonds is 15. The zero-order valence-electron chi connectivity index (χ0n) is 20.4. The molecule has 0 fully saturated rings. The predicted molar refractivity (Wildman–Crippen MR) is 139 cm³/mol. The van der Waals surface area contributed by atoms with Crippen LogP contribution in [0.25, 0.3) is 0 Å². The van der Waals surface area contributed by atoms with Gasteiger partial charge in [0.2, 0.25) is 5.91 Å². The largest absolute Gasteiger partial charge is 0.462 e. The van der Waals surface area contributed by atoms with Crippen molar-refractivity contribution in [1.82, 2.24) is 0 Å². The Bertz CT molecular complexity index is 736. The molecular weight excluding hydrogens is 506 g/mol. The highest BCUT2D eigenvalue weighted by atomic mass is 79.9. The monoisotopic (exact) mass is 543 g/mol. The lowest BCUT2D eigenvalue weighted by Crippen LogP contribution is -2.35. The standard InChI is InChI=1S/C26H39BrClNO4/c1-5-6-7-8-12-15-20(16-17-21(28)24(27)25(32)26(2,3)4)33-23(31)18-22(30)29-19-13-10-9-11-14-19/h9-11,13-14,20-21,24H,5-8,12,15-18H2,1-4H3,(H,29,30). The summed E-state index contributed by atoms with van der Waals surface area (Å²) in [5, 5.41) is 2.30. The second-order valence-electron chi connectivity index (χ2n) is 9.52. The first-order chi connectivity index (χ1) is 15.5. The van der Waals surface area contributed by atoms with Crippen LogP contribution in [0.3, 0.4) is 0 Å². The zero-order chi connectivity index (χ0) is 24.9. The molecule has 0 spiro atoms. The molecule has 1 aromatic carbocycles. The molecule has 0 bridgehead atoms. The smallest absolute Gasteiger partial charge is 0.315 e. The SMILES string of the molecule is CCCCCCCC(CCC(Cl)C(Br)C(=O)C(C)(C)C)OC(=O)CC(=O)Nc1ccccc1. The van der Waals surface area contributed by atoms with Gasteiger partial charge in [-0.3, -0.25) is 14.4 Å². The molecule has 186 valence electrons. The fourth-order valence-electron chi connectivity index (χ4n) is 3.39. The van der Waals surface area contributed by atoms with Gasteiger partial charge in [-0.1, -0.05) is 87.5 Å². The highest BCUT2D eigenvalue weighted by Gasteiger charge is 2.33. The Kier molecular flexibility index (Phi) is 13.9. The summed E-state index contributed by atoms with van der Waals surface area (Å²) in [4.78, 5) is 36.7. The van der Waals surface area contributed by atoms with Crippen LogP contribution >= 0.6 is 27.5 Å². The van der Waals surface area contributed by atoms with Crippen LogP contribution in [0, 0.1) is 5.41 Å². The molecule has 3 unspecified atom stereocenters. The lowest BCUT2D eigenvalue weighted by molar-refractivity contribution is -0.151. The number of ketones is 1. The third-order valence-electron chi connectivity index (χ3n) is 5.36. The molecular formula is C26H39BrClNO4. The van der Waals surface area contributed by atoms with Crippen LogP contribution in [0.4, 0.5) is 5.69 Å². The van der Waals surface area contributed by atoms with Gasteiger partial charge in [-0.25, -0.2) is 0 Å². The normalized spacial score (nSPS) is 14.2. The van der Waals surface area contributed by atoms with Crippen molar-refractivity contribution in [2.45, 2.75) is 102 Å². The average Bonchev–Trinajstić information content (AvgIpc) is 2.75. The maximum atomic E-state index is 12.5. The van der Waals surface area contributed by atoms with Gasteiger partial charge in [0.15, 0.2) is 5.78 Å². The molecule has 33 heavy (non-hydrogen) atoms. The topological polar surface area (TPSA) is 72.5 Å². The molecule has 7 heteroatoms. The summed E-state index contributed by atoms with van der Waals surface area (Å²) >= 11 is 9.97. The summed E-state index contributed by atoms with van der Waals surface area (Å²) < 4.78 is 5.66. The number of carbonyl (C=O) groups is 3. The van der Waals surface area contributed by atoms with Gasteiger partial charge in [-0.15, -0.1) is 11.6 Å². The number of alkyl halides is 2. The van der Waals surface area contributed by atoms with E-state index in [1.807, 2.05) is 39.0 Å². The van der Waals surface area contributed by atoms with E-state index >= 15 is 0 Å². The summed E-state index contributed by atoms with van der Waals surface area (Å²) in [6.07, 6.45) is 6.66. The van der Waals surface area contributed by atoms with Gasteiger partial charge in [-0.2, -0.15) is 0 Å². The number of unbranched alkanes of at least 4 members (excludes halogenated alkanes) is 4. The number of hydrogen-bond donors (Lipinski definition) is 1. The van der Waals surface area contributed by atoms with Gasteiger partial charge >= 0.3 is 5.97 Å². The third kappa shape index (κ3) is 12.6. The molecule has 0 aliphatic carbocycles. The lowest BCUT2D eigenvalue weighted by Gasteiger charge is -2.25. The van der Waals surface area contributed by atoms with Crippen LogP contribution in [0.15, 0.2) is 30.3 Å². The Morgan fingerprint density at radius 2 is 1.64 bits per heavy atom. The van der Waals surface area contributed by atoms with E-state index in [9.17, 15) is 14.4 Å². The van der Waals surface area contributed by atoms with Gasteiger partial charge in [0.25, 0.3) is 0 Å². The molecule has 0 heterocycles. The van der Waals surface area contributed by atoms with Gasteiger partial charge in [-0.05, 0) is 37.8 Å². The molecule has 5 nitrogen and oxygen atoms in total. The first kappa shape index (κ1) is 29.6. The Morgan fingerprint density at radius 1 is 1.00 bits per heavy atom. The van der Waals surface area contributed by atoms with Crippen molar-refractivity contribution in [3.63, 3.8) is 0 Å². The Labute approximate surface area is 212 Å². The molecule has 1 amide bonds. The van der Waals surface area contributed by atoms with Gasteiger partial charge in [0.05, 0.1) is 10.2 Å². The summed E-state index contributed by atoms with van der Waals surface area (Å²) in [6.45, 7) is 7.78. The van der Waals surface area contributed by atoms with Crippen molar-refractivity contribution in [3.05, 3.63) is 30.3 Å². The first-order valence-corrected chi connectivity index (χ1v) is 13.3. The van der Waals surface area contributed by atoms with Crippen molar-refractivity contribution in [2.24, 2.45) is 5.41 Å². The molecule has 0 aliphatic heterocycles. The highest BCUT2D eigenvalue weighted by Crippen LogP contribution is 2.28. The number of ether oxygens (including phenoxy) is 1. The van der Waals surface area contributed by atoms with E-state index in [0.717, 1.165) is 32.1 Å². The number of benzene rings is 1. The lowest BCUT2D eigenvalue weighted by atomic mass is 9.87. The number of Topliss-reactive ketones (excluding diaryl/α,β-unsaturated/α-hetero) is 1. The Morgan fingerprint density at radius 3 is 2.24 bits per heavy atom. The number of carbonyl (C=O) groups excluding carboxylic acids is 3. The molecule has 0 saturated carbocycles. The molecule has 0 aliphatic rings. The van der Waals surface area contributed by atoms with Gasteiger partial charge < -0.3 is 10.1 Å². The summed E-state index contributed by atoms with van der Waals surface area (Å²) in [6, 6.07) is 9.00. The van der Waals surface area contributed by atoms with E-state index in [-0.39, 0.29) is 18.3 Å². The van der Waals surface area contributed by atoms with Crippen LogP contribution < -0.4 is 5.32 Å². The van der Waals surface area contributed by atoms with Crippen molar-refractivity contribution >= 4 is 50.9 Å². The fourth-order valence-corrected chi connectivity index (χ4v) is 4.58. The molecule has 1 rings (SSSR count). The van der Waals surface area contributed by atoms with E-state index in [1.165, 1.54) is 6.42 Å². The summed E-state index contributed by atoms with van der Waals surface area (Å²) in [7, 11) is 0. The molecule has 1 aromatic rings. The van der Waals surface area contributed by atoms with E-state index in [4.69, 9.17) is 16.3 Å². The summed E-state index contributed by atoms with van der Waals surface area (Å²) in [5.74, 6) is -0.901. The second-order valence-corrected chi connectivity index (χ2v) is 11.1. The Balaban J connectivity index is 2.61. The number of halogens is 2. The number of amides is 1. The second kappa shape index (κ2) is 15.5. The van der Waals surface area contributed by atoms with E-state index in [0.29, 0.717) is 18.5 Å². The number of esters is 1. The van der Waals surface area contributed by atoms with Crippen molar-refractivity contribution < 1.29 is 19.1 Å².